The number of primary amides is 1. The number of methoxy groups -OCH3 is 1. The van der Waals surface area contributed by atoms with Crippen molar-refractivity contribution in [2.24, 2.45) is 11.1 Å². The molecule has 1 spiro atoms. The lowest BCUT2D eigenvalue weighted by Crippen LogP contribution is -2.54. The molecular formula is C17H27N5O4. The molecule has 1 aromatic heterocycles. The molecule has 1 atom stereocenters. The summed E-state index contributed by atoms with van der Waals surface area (Å²) in [5.74, 6) is -0.126. The lowest BCUT2D eigenvalue weighted by Gasteiger charge is -2.48. The van der Waals surface area contributed by atoms with E-state index in [4.69, 9.17) is 15.0 Å². The third kappa shape index (κ3) is 4.39. The zero-order valence-electron chi connectivity index (χ0n) is 15.3. The van der Waals surface area contributed by atoms with Crippen LogP contribution in [-0.4, -0.2) is 71.7 Å². The van der Waals surface area contributed by atoms with Gasteiger partial charge in [0.05, 0.1) is 6.54 Å². The van der Waals surface area contributed by atoms with Crippen LogP contribution in [0.15, 0.2) is 4.52 Å². The number of amides is 2. The SMILES string of the molecule is COCCCN1CC2(CCCN(Cc3nc(C(N)=O)no3)C2)CCC1=O. The first-order chi connectivity index (χ1) is 12.5. The molecule has 1 unspecified atom stereocenters. The van der Waals surface area contributed by atoms with Gasteiger partial charge in [-0.3, -0.25) is 14.5 Å². The van der Waals surface area contributed by atoms with Gasteiger partial charge in [0.2, 0.25) is 11.8 Å². The van der Waals surface area contributed by atoms with Crippen molar-refractivity contribution in [2.45, 2.75) is 38.6 Å². The maximum atomic E-state index is 12.2. The second kappa shape index (κ2) is 8.13. The van der Waals surface area contributed by atoms with Gasteiger partial charge in [0.1, 0.15) is 0 Å². The van der Waals surface area contributed by atoms with E-state index in [-0.39, 0.29) is 17.1 Å². The summed E-state index contributed by atoms with van der Waals surface area (Å²) in [7, 11) is 1.68. The minimum Gasteiger partial charge on any atom is -0.385 e. The van der Waals surface area contributed by atoms with Crippen LogP contribution >= 0.6 is 0 Å². The number of piperidine rings is 2. The van der Waals surface area contributed by atoms with Crippen LogP contribution < -0.4 is 5.73 Å². The highest BCUT2D eigenvalue weighted by Crippen LogP contribution is 2.39. The number of rotatable bonds is 7. The number of aromatic nitrogens is 2. The van der Waals surface area contributed by atoms with Crippen LogP contribution in [0.3, 0.4) is 0 Å². The molecule has 2 N–H and O–H groups in total. The Balaban J connectivity index is 1.60. The van der Waals surface area contributed by atoms with Gasteiger partial charge in [-0.05, 0) is 32.2 Å². The van der Waals surface area contributed by atoms with Gasteiger partial charge in [0.25, 0.3) is 11.7 Å². The smallest absolute Gasteiger partial charge is 0.290 e. The number of hydrogen-bond donors (Lipinski definition) is 1. The van der Waals surface area contributed by atoms with Crippen LogP contribution in [-0.2, 0) is 16.1 Å². The predicted octanol–water partition coefficient (Wildman–Crippen LogP) is 0.410. The molecule has 0 aromatic carbocycles. The van der Waals surface area contributed by atoms with Gasteiger partial charge in [-0.25, -0.2) is 0 Å². The van der Waals surface area contributed by atoms with E-state index < -0.39 is 5.91 Å². The maximum absolute atomic E-state index is 12.2. The van der Waals surface area contributed by atoms with Gasteiger partial charge in [-0.2, -0.15) is 4.98 Å². The fraction of sp³-hybridized carbons (Fsp3) is 0.765. The van der Waals surface area contributed by atoms with E-state index in [1.165, 1.54) is 0 Å². The fourth-order valence-corrected chi connectivity index (χ4v) is 4.09. The van der Waals surface area contributed by atoms with Crippen molar-refractivity contribution in [1.29, 1.82) is 0 Å². The summed E-state index contributed by atoms with van der Waals surface area (Å²) in [6.45, 7) is 4.54. The third-order valence-corrected chi connectivity index (χ3v) is 5.31. The minimum atomic E-state index is -0.687. The molecular weight excluding hydrogens is 338 g/mol. The summed E-state index contributed by atoms with van der Waals surface area (Å²) in [6, 6.07) is 0. The average molecular weight is 365 g/mol. The van der Waals surface area contributed by atoms with Crippen LogP contribution in [0.2, 0.25) is 0 Å². The van der Waals surface area contributed by atoms with Crippen LogP contribution in [0.1, 0.15) is 48.6 Å². The van der Waals surface area contributed by atoms with E-state index in [1.807, 2.05) is 4.90 Å². The minimum absolute atomic E-state index is 0.0840. The first kappa shape index (κ1) is 18.8. The van der Waals surface area contributed by atoms with Gasteiger partial charge in [0.15, 0.2) is 0 Å². The molecule has 9 nitrogen and oxygen atoms in total. The number of carbonyl (C=O) groups excluding carboxylic acids is 2. The van der Waals surface area contributed by atoms with Crippen LogP contribution in [0, 0.1) is 5.41 Å². The molecule has 2 fully saturated rings. The Morgan fingerprint density at radius 3 is 2.96 bits per heavy atom. The van der Waals surface area contributed by atoms with Gasteiger partial charge in [0, 0.05) is 45.2 Å². The van der Waals surface area contributed by atoms with Crippen molar-refractivity contribution in [1.82, 2.24) is 19.9 Å². The van der Waals surface area contributed by atoms with Gasteiger partial charge < -0.3 is 19.9 Å². The van der Waals surface area contributed by atoms with E-state index >= 15 is 0 Å². The zero-order valence-corrected chi connectivity index (χ0v) is 15.3. The molecule has 3 rings (SSSR count). The molecule has 0 bridgehead atoms. The fourth-order valence-electron chi connectivity index (χ4n) is 4.09. The summed E-state index contributed by atoms with van der Waals surface area (Å²) in [5.41, 5.74) is 5.28. The average Bonchev–Trinajstić information content (AvgIpc) is 3.07. The molecule has 0 saturated carbocycles. The Kier molecular flexibility index (Phi) is 5.87. The maximum Gasteiger partial charge on any atom is 0.290 e. The summed E-state index contributed by atoms with van der Waals surface area (Å²) in [5, 5.41) is 3.60. The highest BCUT2D eigenvalue weighted by atomic mass is 16.5. The Morgan fingerprint density at radius 1 is 1.38 bits per heavy atom. The Bertz CT molecular complexity index is 649. The lowest BCUT2D eigenvalue weighted by atomic mass is 9.73. The molecule has 0 radical (unpaired) electrons. The van der Waals surface area contributed by atoms with Crippen LogP contribution in [0.5, 0.6) is 0 Å². The quantitative estimate of drug-likeness (QED) is 0.696. The largest absolute Gasteiger partial charge is 0.385 e. The Labute approximate surface area is 152 Å². The summed E-state index contributed by atoms with van der Waals surface area (Å²) < 4.78 is 10.2. The lowest BCUT2D eigenvalue weighted by molar-refractivity contribution is -0.139. The first-order valence-electron chi connectivity index (χ1n) is 9.13. The number of likely N-dealkylation sites (tertiary alicyclic amines) is 2. The first-order valence-corrected chi connectivity index (χ1v) is 9.13. The Morgan fingerprint density at radius 2 is 2.23 bits per heavy atom. The molecule has 3 heterocycles. The van der Waals surface area contributed by atoms with Crippen molar-refractivity contribution in [3.05, 3.63) is 11.7 Å². The summed E-state index contributed by atoms with van der Waals surface area (Å²) >= 11 is 0. The topological polar surface area (TPSA) is 115 Å². The van der Waals surface area contributed by atoms with Crippen LogP contribution in [0.4, 0.5) is 0 Å². The van der Waals surface area contributed by atoms with Gasteiger partial charge in [-0.15, -0.1) is 0 Å². The predicted molar refractivity (Wildman–Crippen MR) is 92.1 cm³/mol. The normalized spacial score (nSPS) is 24.3. The number of hydrogen-bond acceptors (Lipinski definition) is 7. The molecule has 9 heteroatoms. The van der Waals surface area contributed by atoms with Gasteiger partial charge >= 0.3 is 0 Å². The number of nitrogens with zero attached hydrogens (tertiary/aromatic N) is 4. The molecule has 2 saturated heterocycles. The second-order valence-electron chi connectivity index (χ2n) is 7.35. The van der Waals surface area contributed by atoms with Crippen molar-refractivity contribution in [3.63, 3.8) is 0 Å². The number of nitrogens with two attached hydrogens (primary N) is 1. The molecule has 2 aliphatic heterocycles. The van der Waals surface area contributed by atoms with Crippen LogP contribution in [0.25, 0.3) is 0 Å². The highest BCUT2D eigenvalue weighted by molar-refractivity contribution is 5.88. The Hall–Kier alpha value is -2.00. The standard InChI is InChI=1S/C17H27N5O4/c1-25-9-3-8-22-12-17(6-4-14(22)23)5-2-7-21(11-17)10-13-19-16(15(18)24)20-26-13/h2-12H2,1H3,(H2,18,24). The zero-order chi connectivity index (χ0) is 18.6. The second-order valence-corrected chi connectivity index (χ2v) is 7.35. The van der Waals surface area contributed by atoms with E-state index in [0.29, 0.717) is 25.5 Å². The number of ether oxygens (including phenoxy) is 1. The highest BCUT2D eigenvalue weighted by Gasteiger charge is 2.41. The summed E-state index contributed by atoms with van der Waals surface area (Å²) in [6.07, 6.45) is 4.57. The third-order valence-electron chi connectivity index (χ3n) is 5.31. The summed E-state index contributed by atoms with van der Waals surface area (Å²) in [4.78, 5) is 31.6. The van der Waals surface area contributed by atoms with E-state index in [1.54, 1.807) is 7.11 Å². The monoisotopic (exact) mass is 365 g/mol. The van der Waals surface area contributed by atoms with Crippen molar-refractivity contribution >= 4 is 11.8 Å². The molecule has 26 heavy (non-hydrogen) atoms. The molecule has 2 amide bonds. The van der Waals surface area contributed by atoms with Crippen molar-refractivity contribution in [3.8, 4) is 0 Å². The van der Waals surface area contributed by atoms with Gasteiger partial charge in [-0.1, -0.05) is 5.16 Å². The molecule has 1 aromatic rings. The van der Waals surface area contributed by atoms with Crippen molar-refractivity contribution < 1.29 is 18.8 Å². The number of carbonyl (C=O) groups is 2. The molecule has 2 aliphatic rings. The van der Waals surface area contributed by atoms with E-state index in [9.17, 15) is 9.59 Å². The van der Waals surface area contributed by atoms with Crippen molar-refractivity contribution in [2.75, 3.05) is 39.9 Å². The molecule has 144 valence electrons. The van der Waals surface area contributed by atoms with E-state index in [0.717, 1.165) is 51.9 Å². The van der Waals surface area contributed by atoms with E-state index in [2.05, 4.69) is 15.0 Å². The molecule has 0 aliphatic carbocycles.